The van der Waals surface area contributed by atoms with Gasteiger partial charge in [0, 0.05) is 25.4 Å². The Morgan fingerprint density at radius 3 is 2.79 bits per heavy atom. The zero-order chi connectivity index (χ0) is 10.6. The van der Waals surface area contributed by atoms with Crippen molar-refractivity contribution in [3.05, 3.63) is 34.2 Å². The number of nitrogens with zero attached hydrogens (tertiary/aromatic N) is 3. The van der Waals surface area contributed by atoms with Crippen LogP contribution in [-0.2, 0) is 6.54 Å². The highest BCUT2D eigenvalue weighted by Gasteiger charge is 1.98. The van der Waals surface area contributed by atoms with Crippen LogP contribution < -0.4 is 5.56 Å². The van der Waals surface area contributed by atoms with Crippen molar-refractivity contribution >= 4 is 0 Å². The molecule has 0 bridgehead atoms. The van der Waals surface area contributed by atoms with E-state index in [-0.39, 0.29) is 5.56 Å². The van der Waals surface area contributed by atoms with Crippen LogP contribution in [0.15, 0.2) is 23.1 Å². The Labute approximate surface area is 83.0 Å². The zero-order valence-electron chi connectivity index (χ0n) is 8.40. The van der Waals surface area contributed by atoms with Gasteiger partial charge in [-0.25, -0.2) is 0 Å². The Bertz CT molecular complexity index is 401. The highest BCUT2D eigenvalue weighted by atomic mass is 16.1. The molecule has 0 amide bonds. The van der Waals surface area contributed by atoms with E-state index in [9.17, 15) is 4.79 Å². The number of rotatable bonds is 3. The third-order valence-corrected chi connectivity index (χ3v) is 1.90. The maximum absolute atomic E-state index is 11.3. The lowest BCUT2D eigenvalue weighted by molar-refractivity contribution is 0.381. The molecule has 14 heavy (non-hydrogen) atoms. The molecule has 0 atom stereocenters. The molecule has 0 saturated carbocycles. The van der Waals surface area contributed by atoms with Crippen LogP contribution in [0.3, 0.4) is 0 Å². The van der Waals surface area contributed by atoms with Crippen molar-refractivity contribution in [3.8, 4) is 6.07 Å². The lowest BCUT2D eigenvalue weighted by Crippen LogP contribution is -2.25. The van der Waals surface area contributed by atoms with Gasteiger partial charge in [0.15, 0.2) is 0 Å². The molecule has 0 saturated heterocycles. The van der Waals surface area contributed by atoms with Gasteiger partial charge in [-0.15, -0.1) is 0 Å². The molecule has 0 spiro atoms. The first kappa shape index (κ1) is 10.5. The van der Waals surface area contributed by atoms with Gasteiger partial charge in [-0.3, -0.25) is 4.79 Å². The molecule has 0 N–H and O–H groups in total. The molecule has 4 nitrogen and oxygen atoms in total. The van der Waals surface area contributed by atoms with E-state index in [2.05, 4.69) is 0 Å². The van der Waals surface area contributed by atoms with Gasteiger partial charge in [0.2, 0.25) is 0 Å². The average molecular weight is 191 g/mol. The Morgan fingerprint density at radius 1 is 1.50 bits per heavy atom. The van der Waals surface area contributed by atoms with Crippen molar-refractivity contribution in [3.63, 3.8) is 0 Å². The van der Waals surface area contributed by atoms with E-state index in [0.717, 1.165) is 6.54 Å². The van der Waals surface area contributed by atoms with Crippen LogP contribution in [0.25, 0.3) is 0 Å². The topological polar surface area (TPSA) is 49.0 Å². The first-order chi connectivity index (χ1) is 6.63. The summed E-state index contributed by atoms with van der Waals surface area (Å²) in [6, 6.07) is 4.97. The first-order valence-corrected chi connectivity index (χ1v) is 4.39. The first-order valence-electron chi connectivity index (χ1n) is 4.39. The van der Waals surface area contributed by atoms with E-state index in [1.165, 1.54) is 12.1 Å². The minimum atomic E-state index is -0.0640. The summed E-state index contributed by atoms with van der Waals surface area (Å²) in [5.74, 6) is 0. The molecule has 0 fully saturated rings. The second-order valence-corrected chi connectivity index (χ2v) is 3.36. The van der Waals surface area contributed by atoms with Crippen LogP contribution in [0.4, 0.5) is 0 Å². The number of pyridine rings is 1. The van der Waals surface area contributed by atoms with Crippen LogP contribution in [-0.4, -0.2) is 30.1 Å². The number of hydrogen-bond donors (Lipinski definition) is 0. The largest absolute Gasteiger partial charge is 0.313 e. The van der Waals surface area contributed by atoms with Crippen LogP contribution in [0.2, 0.25) is 0 Å². The Balaban J connectivity index is 2.86. The predicted octanol–water partition coefficient (Wildman–Crippen LogP) is 0.282. The lowest BCUT2D eigenvalue weighted by Gasteiger charge is -2.10. The quantitative estimate of drug-likeness (QED) is 0.689. The number of likely N-dealkylation sites (N-methyl/N-ethyl adjacent to an activating group) is 1. The van der Waals surface area contributed by atoms with Gasteiger partial charge in [-0.1, -0.05) is 0 Å². The van der Waals surface area contributed by atoms with Crippen LogP contribution in [0.1, 0.15) is 5.56 Å². The fourth-order valence-corrected chi connectivity index (χ4v) is 1.08. The number of nitriles is 1. The fourth-order valence-electron chi connectivity index (χ4n) is 1.08. The predicted molar refractivity (Wildman–Crippen MR) is 54.0 cm³/mol. The molecule has 0 aliphatic carbocycles. The van der Waals surface area contributed by atoms with E-state index >= 15 is 0 Å². The summed E-state index contributed by atoms with van der Waals surface area (Å²) in [4.78, 5) is 13.3. The highest BCUT2D eigenvalue weighted by Crippen LogP contribution is 1.92. The third-order valence-electron chi connectivity index (χ3n) is 1.90. The maximum Gasteiger partial charge on any atom is 0.250 e. The minimum Gasteiger partial charge on any atom is -0.313 e. The summed E-state index contributed by atoms with van der Waals surface area (Å²) in [7, 11) is 3.89. The Hall–Kier alpha value is -1.60. The summed E-state index contributed by atoms with van der Waals surface area (Å²) >= 11 is 0. The second kappa shape index (κ2) is 4.58. The monoisotopic (exact) mass is 191 g/mol. The van der Waals surface area contributed by atoms with Gasteiger partial charge in [0.1, 0.15) is 6.07 Å². The standard InChI is InChI=1S/C10H13N3O/c1-12(2)5-6-13-8-9(7-11)3-4-10(13)14/h3-4,8H,5-6H2,1-2H3. The Morgan fingerprint density at radius 2 is 2.21 bits per heavy atom. The van der Waals surface area contributed by atoms with Crippen molar-refractivity contribution in [2.45, 2.75) is 6.54 Å². The Kier molecular flexibility index (Phi) is 3.43. The molecular formula is C10H13N3O. The fraction of sp³-hybridized carbons (Fsp3) is 0.400. The molecule has 4 heteroatoms. The maximum atomic E-state index is 11.3. The second-order valence-electron chi connectivity index (χ2n) is 3.36. The zero-order valence-corrected chi connectivity index (χ0v) is 8.40. The molecule has 1 aromatic rings. The number of hydrogen-bond acceptors (Lipinski definition) is 3. The van der Waals surface area contributed by atoms with Crippen molar-refractivity contribution in [2.75, 3.05) is 20.6 Å². The normalized spacial score (nSPS) is 10.1. The molecule has 0 radical (unpaired) electrons. The summed E-state index contributed by atoms with van der Waals surface area (Å²) in [5, 5.41) is 8.65. The summed E-state index contributed by atoms with van der Waals surface area (Å²) in [6.45, 7) is 1.40. The van der Waals surface area contributed by atoms with E-state index in [1.54, 1.807) is 10.8 Å². The smallest absolute Gasteiger partial charge is 0.250 e. The molecule has 0 aromatic carbocycles. The van der Waals surface area contributed by atoms with Crippen LogP contribution in [0.5, 0.6) is 0 Å². The molecule has 1 heterocycles. The van der Waals surface area contributed by atoms with Gasteiger partial charge >= 0.3 is 0 Å². The van der Waals surface area contributed by atoms with Gasteiger partial charge in [-0.05, 0) is 20.2 Å². The van der Waals surface area contributed by atoms with Crippen molar-refractivity contribution in [2.24, 2.45) is 0 Å². The SMILES string of the molecule is CN(C)CCn1cc(C#N)ccc1=O. The van der Waals surface area contributed by atoms with Crippen LogP contribution in [0, 0.1) is 11.3 Å². The summed E-state index contributed by atoms with van der Waals surface area (Å²) in [5.41, 5.74) is 0.453. The van der Waals surface area contributed by atoms with Crippen molar-refractivity contribution < 1.29 is 0 Å². The molecule has 0 unspecified atom stereocenters. The van der Waals surface area contributed by atoms with Gasteiger partial charge in [0.25, 0.3) is 5.56 Å². The van der Waals surface area contributed by atoms with Gasteiger partial charge < -0.3 is 9.47 Å². The number of aromatic nitrogens is 1. The summed E-state index contributed by atoms with van der Waals surface area (Å²) < 4.78 is 1.55. The molecule has 74 valence electrons. The minimum absolute atomic E-state index is 0.0640. The van der Waals surface area contributed by atoms with E-state index in [4.69, 9.17) is 5.26 Å². The molecular weight excluding hydrogens is 178 g/mol. The van der Waals surface area contributed by atoms with Crippen LogP contribution >= 0.6 is 0 Å². The van der Waals surface area contributed by atoms with Crippen molar-refractivity contribution in [1.82, 2.24) is 9.47 Å². The third kappa shape index (κ3) is 2.71. The highest BCUT2D eigenvalue weighted by molar-refractivity contribution is 5.24. The molecule has 0 aliphatic heterocycles. The average Bonchev–Trinajstić information content (AvgIpc) is 2.16. The molecule has 1 aromatic heterocycles. The van der Waals surface area contributed by atoms with Crippen molar-refractivity contribution in [1.29, 1.82) is 5.26 Å². The van der Waals surface area contributed by atoms with E-state index in [0.29, 0.717) is 12.1 Å². The summed E-state index contributed by atoms with van der Waals surface area (Å²) in [6.07, 6.45) is 1.59. The lowest BCUT2D eigenvalue weighted by atomic mass is 10.3. The van der Waals surface area contributed by atoms with E-state index in [1.807, 2.05) is 25.1 Å². The molecule has 1 rings (SSSR count). The van der Waals surface area contributed by atoms with E-state index < -0.39 is 0 Å². The van der Waals surface area contributed by atoms with Gasteiger partial charge in [0.05, 0.1) is 5.56 Å². The van der Waals surface area contributed by atoms with Gasteiger partial charge in [-0.2, -0.15) is 5.26 Å². The molecule has 0 aliphatic rings.